The molecule has 2 heterocycles. The summed E-state index contributed by atoms with van der Waals surface area (Å²) in [6, 6.07) is 6.27. The van der Waals surface area contributed by atoms with E-state index in [4.69, 9.17) is 9.47 Å². The molecule has 1 saturated heterocycles. The summed E-state index contributed by atoms with van der Waals surface area (Å²) >= 11 is 0. The van der Waals surface area contributed by atoms with E-state index in [2.05, 4.69) is 17.1 Å². The lowest BCUT2D eigenvalue weighted by atomic mass is 10.0. The number of piperidine rings is 1. The fourth-order valence-corrected chi connectivity index (χ4v) is 2.88. The molecule has 1 aromatic rings. The largest absolute Gasteiger partial charge is 0.454 e. The summed E-state index contributed by atoms with van der Waals surface area (Å²) in [7, 11) is 0. The summed E-state index contributed by atoms with van der Waals surface area (Å²) in [6.07, 6.45) is 3.66. The Kier molecular flexibility index (Phi) is 4.29. The summed E-state index contributed by atoms with van der Waals surface area (Å²) in [6.45, 7) is 4.52. The summed E-state index contributed by atoms with van der Waals surface area (Å²) < 4.78 is 10.6. The van der Waals surface area contributed by atoms with Crippen LogP contribution in [0.5, 0.6) is 11.5 Å². The number of ether oxygens (including phenoxy) is 2. The van der Waals surface area contributed by atoms with E-state index in [9.17, 15) is 4.79 Å². The van der Waals surface area contributed by atoms with Crippen LogP contribution in [0.3, 0.4) is 0 Å². The number of rotatable bonds is 4. The van der Waals surface area contributed by atoms with Crippen LogP contribution in [-0.2, 0) is 11.3 Å². The lowest BCUT2D eigenvalue weighted by molar-refractivity contribution is -0.123. The zero-order valence-corrected chi connectivity index (χ0v) is 12.4. The van der Waals surface area contributed by atoms with Gasteiger partial charge in [-0.05, 0) is 44.0 Å². The molecule has 1 amide bonds. The molecule has 2 aliphatic rings. The molecule has 1 aromatic carbocycles. The molecule has 0 unspecified atom stereocenters. The van der Waals surface area contributed by atoms with Crippen molar-refractivity contribution in [1.82, 2.24) is 10.2 Å². The highest BCUT2D eigenvalue weighted by molar-refractivity contribution is 5.78. The number of hydrogen-bond donors (Lipinski definition) is 1. The van der Waals surface area contributed by atoms with Crippen LogP contribution in [-0.4, -0.2) is 36.7 Å². The summed E-state index contributed by atoms with van der Waals surface area (Å²) in [5.74, 6) is 1.61. The van der Waals surface area contributed by atoms with Crippen molar-refractivity contribution in [3.63, 3.8) is 0 Å². The predicted octanol–water partition coefficient (Wildman–Crippen LogP) is 1.91. The molecule has 0 radical (unpaired) electrons. The minimum absolute atomic E-state index is 0.0846. The van der Waals surface area contributed by atoms with E-state index < -0.39 is 0 Å². The molecule has 3 rings (SSSR count). The standard InChI is InChI=1S/C16H22N2O3/c1-12-4-2-3-7-18(12)10-16(19)17-9-13-5-6-14-15(8-13)21-11-20-14/h5-6,8,12H,2-4,7,9-11H2,1H3,(H,17,19)/t12-/m0/s1. The Labute approximate surface area is 125 Å². The third-order valence-electron chi connectivity index (χ3n) is 4.21. The Morgan fingerprint density at radius 3 is 3.05 bits per heavy atom. The van der Waals surface area contributed by atoms with Gasteiger partial charge in [0.05, 0.1) is 6.54 Å². The van der Waals surface area contributed by atoms with Crippen LogP contribution in [0.1, 0.15) is 31.7 Å². The third-order valence-corrected chi connectivity index (χ3v) is 4.21. The molecule has 0 spiro atoms. The quantitative estimate of drug-likeness (QED) is 0.920. The average Bonchev–Trinajstić information content (AvgIpc) is 2.95. The molecule has 5 heteroatoms. The number of nitrogens with one attached hydrogen (secondary N) is 1. The van der Waals surface area contributed by atoms with Crippen LogP contribution in [0.4, 0.5) is 0 Å². The lowest BCUT2D eigenvalue weighted by Crippen LogP contribution is -2.44. The van der Waals surface area contributed by atoms with Crippen molar-refractivity contribution in [2.24, 2.45) is 0 Å². The first-order valence-corrected chi connectivity index (χ1v) is 7.61. The van der Waals surface area contributed by atoms with E-state index in [0.717, 1.165) is 23.6 Å². The summed E-state index contributed by atoms with van der Waals surface area (Å²) in [4.78, 5) is 14.3. The van der Waals surface area contributed by atoms with Crippen molar-refractivity contribution >= 4 is 5.91 Å². The van der Waals surface area contributed by atoms with Gasteiger partial charge in [0.2, 0.25) is 12.7 Å². The maximum atomic E-state index is 12.1. The second-order valence-electron chi connectivity index (χ2n) is 5.78. The highest BCUT2D eigenvalue weighted by Gasteiger charge is 2.20. The van der Waals surface area contributed by atoms with Gasteiger partial charge >= 0.3 is 0 Å². The van der Waals surface area contributed by atoms with Crippen molar-refractivity contribution in [3.05, 3.63) is 23.8 Å². The van der Waals surface area contributed by atoms with Crippen LogP contribution >= 0.6 is 0 Å². The monoisotopic (exact) mass is 290 g/mol. The molecule has 5 nitrogen and oxygen atoms in total. The van der Waals surface area contributed by atoms with E-state index in [0.29, 0.717) is 19.1 Å². The van der Waals surface area contributed by atoms with Crippen LogP contribution in [0.2, 0.25) is 0 Å². The highest BCUT2D eigenvalue weighted by atomic mass is 16.7. The molecule has 0 aliphatic carbocycles. The van der Waals surface area contributed by atoms with Crippen LogP contribution in [0.15, 0.2) is 18.2 Å². The molecule has 1 fully saturated rings. The van der Waals surface area contributed by atoms with Gasteiger partial charge in [-0.3, -0.25) is 9.69 Å². The van der Waals surface area contributed by atoms with Gasteiger partial charge in [0.15, 0.2) is 11.5 Å². The Hall–Kier alpha value is -1.75. The van der Waals surface area contributed by atoms with E-state index in [1.165, 1.54) is 19.3 Å². The Morgan fingerprint density at radius 1 is 1.33 bits per heavy atom. The maximum absolute atomic E-state index is 12.1. The topological polar surface area (TPSA) is 50.8 Å². The Balaban J connectivity index is 1.49. The van der Waals surface area contributed by atoms with Crippen molar-refractivity contribution in [2.75, 3.05) is 19.9 Å². The number of nitrogens with zero attached hydrogens (tertiary/aromatic N) is 1. The smallest absolute Gasteiger partial charge is 0.234 e. The molecule has 1 N–H and O–H groups in total. The van der Waals surface area contributed by atoms with E-state index in [1.807, 2.05) is 18.2 Å². The first-order valence-electron chi connectivity index (χ1n) is 7.61. The van der Waals surface area contributed by atoms with Gasteiger partial charge in [0.1, 0.15) is 0 Å². The predicted molar refractivity (Wildman–Crippen MR) is 79.3 cm³/mol. The van der Waals surface area contributed by atoms with Gasteiger partial charge in [0.25, 0.3) is 0 Å². The molecule has 0 bridgehead atoms. The van der Waals surface area contributed by atoms with Gasteiger partial charge in [-0.2, -0.15) is 0 Å². The zero-order chi connectivity index (χ0) is 14.7. The number of fused-ring (bicyclic) bond motifs is 1. The molecule has 2 aliphatic heterocycles. The van der Waals surface area contributed by atoms with E-state index in [1.54, 1.807) is 0 Å². The van der Waals surface area contributed by atoms with Crippen LogP contribution in [0.25, 0.3) is 0 Å². The number of carbonyl (C=O) groups excluding carboxylic acids is 1. The fraction of sp³-hybridized carbons (Fsp3) is 0.562. The molecule has 0 saturated carbocycles. The van der Waals surface area contributed by atoms with Gasteiger partial charge in [0, 0.05) is 12.6 Å². The van der Waals surface area contributed by atoms with Gasteiger partial charge in [-0.1, -0.05) is 12.5 Å². The Bertz CT molecular complexity index is 518. The minimum Gasteiger partial charge on any atom is -0.454 e. The van der Waals surface area contributed by atoms with E-state index >= 15 is 0 Å². The van der Waals surface area contributed by atoms with Crippen molar-refractivity contribution in [3.8, 4) is 11.5 Å². The fourth-order valence-electron chi connectivity index (χ4n) is 2.88. The number of amides is 1. The highest BCUT2D eigenvalue weighted by Crippen LogP contribution is 2.32. The van der Waals surface area contributed by atoms with Crippen molar-refractivity contribution < 1.29 is 14.3 Å². The third kappa shape index (κ3) is 3.47. The molecule has 21 heavy (non-hydrogen) atoms. The maximum Gasteiger partial charge on any atom is 0.234 e. The lowest BCUT2D eigenvalue weighted by Gasteiger charge is -2.32. The number of likely N-dealkylation sites (tertiary alicyclic amines) is 1. The van der Waals surface area contributed by atoms with E-state index in [-0.39, 0.29) is 12.7 Å². The first-order chi connectivity index (χ1) is 10.2. The second kappa shape index (κ2) is 6.35. The minimum atomic E-state index is 0.0846. The molecule has 1 atom stereocenters. The second-order valence-corrected chi connectivity index (χ2v) is 5.78. The Morgan fingerprint density at radius 2 is 2.19 bits per heavy atom. The van der Waals surface area contributed by atoms with Gasteiger partial charge < -0.3 is 14.8 Å². The number of hydrogen-bond acceptors (Lipinski definition) is 4. The van der Waals surface area contributed by atoms with Crippen molar-refractivity contribution in [2.45, 2.75) is 38.8 Å². The zero-order valence-electron chi connectivity index (χ0n) is 12.4. The molecular weight excluding hydrogens is 268 g/mol. The summed E-state index contributed by atoms with van der Waals surface area (Å²) in [5.41, 5.74) is 1.03. The normalized spacial score (nSPS) is 21.3. The average molecular weight is 290 g/mol. The molecule has 114 valence electrons. The first kappa shape index (κ1) is 14.2. The summed E-state index contributed by atoms with van der Waals surface area (Å²) in [5, 5.41) is 2.98. The molecular formula is C16H22N2O3. The SMILES string of the molecule is C[C@H]1CCCCN1CC(=O)NCc1ccc2c(c1)OCO2. The van der Waals surface area contributed by atoms with Crippen molar-refractivity contribution in [1.29, 1.82) is 0 Å². The van der Waals surface area contributed by atoms with Crippen LogP contribution in [0, 0.1) is 0 Å². The number of benzene rings is 1. The van der Waals surface area contributed by atoms with Gasteiger partial charge in [-0.25, -0.2) is 0 Å². The number of carbonyl (C=O) groups is 1. The molecule has 0 aromatic heterocycles. The van der Waals surface area contributed by atoms with Crippen LogP contribution < -0.4 is 14.8 Å². The van der Waals surface area contributed by atoms with Gasteiger partial charge in [-0.15, -0.1) is 0 Å².